The Bertz CT molecular complexity index is 4590. The molecule has 0 bridgehead atoms. The van der Waals surface area contributed by atoms with Crippen molar-refractivity contribution in [3.05, 3.63) is 317 Å². The highest BCUT2D eigenvalue weighted by Crippen LogP contribution is 2.26. The molecule has 21 heteroatoms. The van der Waals surface area contributed by atoms with Gasteiger partial charge in [-0.1, -0.05) is 133 Å². The van der Waals surface area contributed by atoms with E-state index in [1.807, 2.05) is 133 Å². The molecule has 21 nitrogen and oxygen atoms in total. The van der Waals surface area contributed by atoms with E-state index >= 15 is 0 Å². The number of ether oxygens (including phenoxy) is 1. The monoisotopic (exact) mass is 1240 g/mol. The standard InChI is InChI=1S/C20H17NO4.C19H15NO5.C19H15NO4.C13H11NO4/c1-13-11-17(22)18(23)19(25-13)20(24)21-12-14-7-9-16(10-8-14)15-5-3-2-4-6-15;1-12-11-16(21)17(22)18(24-12)19(23)20-13-7-9-15(10-8-13)25-14-5-3-2-4-6-14;1-12-11-16(21)17(22)18(24-12)19(23)20-15-9-7-14(8-10-15)13-5-3-2-4-6-13;15-11-6-10(18-8-12(11)16)7-14-13(17)9-4-2-1-3-5-9/h2-11,23H,12H2,1H3,(H,21,24);2-11,22H,1H3,(H,20,23);2-11,22H,1H3,(H,20,23);1-6,8,16H,7H2,(H,14,17). The zero-order chi connectivity index (χ0) is 65.7. The zero-order valence-electron chi connectivity index (χ0n) is 49.4. The average molecular weight is 1240 g/mol. The number of nitrogens with one attached hydrogen (secondary N) is 4. The summed E-state index contributed by atoms with van der Waals surface area (Å²) in [6, 6.07) is 64.0. The number of benzene rings is 7. The van der Waals surface area contributed by atoms with Crippen LogP contribution in [0.15, 0.2) is 261 Å². The number of amides is 4. The Morgan fingerprint density at radius 3 is 1.21 bits per heavy atom. The summed E-state index contributed by atoms with van der Waals surface area (Å²) in [5.41, 5.74) is 4.20. The fourth-order valence-electron chi connectivity index (χ4n) is 8.36. The van der Waals surface area contributed by atoms with E-state index in [2.05, 4.69) is 21.3 Å². The van der Waals surface area contributed by atoms with E-state index in [0.29, 0.717) is 28.4 Å². The Morgan fingerprint density at radius 1 is 0.391 bits per heavy atom. The van der Waals surface area contributed by atoms with Gasteiger partial charge in [0.05, 0.1) is 6.54 Å². The molecule has 92 heavy (non-hydrogen) atoms. The molecule has 0 aliphatic rings. The maximum Gasteiger partial charge on any atom is 0.295 e. The molecule has 7 aromatic carbocycles. The highest BCUT2D eigenvalue weighted by atomic mass is 16.5. The first-order valence-electron chi connectivity index (χ1n) is 28.0. The van der Waals surface area contributed by atoms with Gasteiger partial charge in [-0.2, -0.15) is 0 Å². The number of aromatic hydroxyl groups is 4. The van der Waals surface area contributed by atoms with Crippen molar-refractivity contribution < 1.29 is 62.0 Å². The van der Waals surface area contributed by atoms with Crippen LogP contribution >= 0.6 is 0 Å². The van der Waals surface area contributed by atoms with Crippen LogP contribution in [-0.4, -0.2) is 44.1 Å². The van der Waals surface area contributed by atoms with Crippen molar-refractivity contribution in [3.8, 4) is 56.8 Å². The van der Waals surface area contributed by atoms with Crippen LogP contribution in [0.4, 0.5) is 11.4 Å². The second-order valence-electron chi connectivity index (χ2n) is 19.9. The van der Waals surface area contributed by atoms with Crippen LogP contribution in [0.5, 0.6) is 34.5 Å². The Kier molecular flexibility index (Phi) is 22.1. The first-order valence-corrected chi connectivity index (χ1v) is 28.0. The lowest BCUT2D eigenvalue weighted by atomic mass is 10.0. The molecule has 0 saturated carbocycles. The van der Waals surface area contributed by atoms with Gasteiger partial charge in [0.25, 0.3) is 23.6 Å². The maximum atomic E-state index is 12.2. The van der Waals surface area contributed by atoms with Gasteiger partial charge in [0, 0.05) is 47.7 Å². The molecule has 0 radical (unpaired) electrons. The molecular weight excluding hydrogens is 1180 g/mol. The molecule has 4 heterocycles. The molecule has 0 aliphatic carbocycles. The van der Waals surface area contributed by atoms with Gasteiger partial charge in [-0.3, -0.25) is 38.4 Å². The number of hydrogen-bond donors (Lipinski definition) is 8. The quantitative estimate of drug-likeness (QED) is 0.0501. The molecule has 0 fully saturated rings. The Hall–Kier alpha value is -12.8. The van der Waals surface area contributed by atoms with Gasteiger partial charge in [0.1, 0.15) is 40.8 Å². The average Bonchev–Trinajstić information content (AvgIpc) is 0.954. The molecule has 11 aromatic rings. The third-order valence-corrected chi connectivity index (χ3v) is 12.9. The summed E-state index contributed by atoms with van der Waals surface area (Å²) in [5.74, 6) is -3.67. The second kappa shape index (κ2) is 31.2. The summed E-state index contributed by atoms with van der Waals surface area (Å²) in [4.78, 5) is 93.9. The van der Waals surface area contributed by atoms with Crippen molar-refractivity contribution in [3.63, 3.8) is 0 Å². The SMILES string of the molecule is Cc1cc(=O)c(O)c(C(=O)NCc2ccc(-c3ccccc3)cc2)o1.Cc1cc(=O)c(O)c(C(=O)Nc2ccc(-c3ccccc3)cc2)o1.Cc1cc(=O)c(O)c(C(=O)Nc2ccc(Oc3ccccc3)cc2)o1.O=C(NCc1cc(=O)c(O)co1)c1ccccc1. The van der Waals surface area contributed by atoms with Crippen molar-refractivity contribution in [1.82, 2.24) is 10.6 Å². The molecule has 8 N–H and O–H groups in total. The topological polar surface area (TPSA) is 327 Å². The van der Waals surface area contributed by atoms with Gasteiger partial charge in [0.2, 0.25) is 56.2 Å². The lowest BCUT2D eigenvalue weighted by molar-refractivity contribution is 0.0911. The van der Waals surface area contributed by atoms with Crippen molar-refractivity contribution in [1.29, 1.82) is 0 Å². The van der Waals surface area contributed by atoms with Crippen molar-refractivity contribution in [2.75, 3.05) is 10.6 Å². The molecule has 464 valence electrons. The lowest BCUT2D eigenvalue weighted by Crippen LogP contribution is -2.24. The number of rotatable bonds is 14. The molecule has 0 saturated heterocycles. The van der Waals surface area contributed by atoms with E-state index in [-0.39, 0.29) is 47.8 Å². The summed E-state index contributed by atoms with van der Waals surface area (Å²) < 4.78 is 26.1. The van der Waals surface area contributed by atoms with Gasteiger partial charge < -0.3 is 64.1 Å². The number of anilines is 2. The van der Waals surface area contributed by atoms with Gasteiger partial charge in [0.15, 0.2) is 5.75 Å². The summed E-state index contributed by atoms with van der Waals surface area (Å²) >= 11 is 0. The number of carbonyl (C=O) groups excluding carboxylic acids is 4. The number of carbonyl (C=O) groups is 4. The smallest absolute Gasteiger partial charge is 0.295 e. The molecule has 0 spiro atoms. The fourth-order valence-corrected chi connectivity index (χ4v) is 8.36. The number of aryl methyl sites for hydroxylation is 3. The van der Waals surface area contributed by atoms with Crippen LogP contribution in [-0.2, 0) is 13.1 Å². The summed E-state index contributed by atoms with van der Waals surface area (Å²) in [6.45, 7) is 4.94. The normalized spacial score (nSPS) is 10.3. The van der Waals surface area contributed by atoms with Crippen LogP contribution in [0.2, 0.25) is 0 Å². The highest BCUT2D eigenvalue weighted by Gasteiger charge is 2.21. The van der Waals surface area contributed by atoms with E-state index in [1.54, 1.807) is 67.6 Å². The van der Waals surface area contributed by atoms with Gasteiger partial charge in [-0.05, 0) is 109 Å². The van der Waals surface area contributed by atoms with E-state index in [4.69, 9.17) is 27.5 Å². The first-order chi connectivity index (χ1) is 44.3. The van der Waals surface area contributed by atoms with Crippen LogP contribution in [0, 0.1) is 20.8 Å². The predicted octanol–water partition coefficient (Wildman–Crippen LogP) is 11.8. The van der Waals surface area contributed by atoms with Gasteiger partial charge >= 0.3 is 0 Å². The van der Waals surface area contributed by atoms with E-state index in [9.17, 15) is 53.7 Å². The maximum absolute atomic E-state index is 12.2. The van der Waals surface area contributed by atoms with E-state index < -0.39 is 74.0 Å². The van der Waals surface area contributed by atoms with E-state index in [1.165, 1.54) is 13.8 Å². The summed E-state index contributed by atoms with van der Waals surface area (Å²) in [7, 11) is 0. The van der Waals surface area contributed by atoms with Crippen LogP contribution < -0.4 is 47.7 Å². The predicted molar refractivity (Wildman–Crippen MR) is 342 cm³/mol. The number of para-hydroxylation sites is 1. The molecule has 4 aromatic heterocycles. The molecule has 0 atom stereocenters. The largest absolute Gasteiger partial charge is 0.502 e. The minimum Gasteiger partial charge on any atom is -0.502 e. The Balaban J connectivity index is 0.000000159. The minimum absolute atomic E-state index is 0.0866. The second-order valence-corrected chi connectivity index (χ2v) is 19.9. The molecular formula is C71H58N4O17. The molecule has 11 rings (SSSR count). The highest BCUT2D eigenvalue weighted by molar-refractivity contribution is 6.04. The van der Waals surface area contributed by atoms with Crippen molar-refractivity contribution in [2.45, 2.75) is 33.9 Å². The van der Waals surface area contributed by atoms with Crippen LogP contribution in [0.25, 0.3) is 22.3 Å². The summed E-state index contributed by atoms with van der Waals surface area (Å²) in [5, 5.41) is 48.5. The molecule has 0 unspecified atom stereocenters. The van der Waals surface area contributed by atoms with Crippen LogP contribution in [0.1, 0.15) is 70.6 Å². The van der Waals surface area contributed by atoms with E-state index in [0.717, 1.165) is 58.3 Å². The molecule has 4 amide bonds. The van der Waals surface area contributed by atoms with Gasteiger partial charge in [-0.15, -0.1) is 0 Å². The lowest BCUT2D eigenvalue weighted by Gasteiger charge is -2.08. The zero-order valence-corrected chi connectivity index (χ0v) is 49.4. The van der Waals surface area contributed by atoms with Gasteiger partial charge in [-0.25, -0.2) is 0 Å². The van der Waals surface area contributed by atoms with Crippen molar-refractivity contribution >= 4 is 35.0 Å². The molecule has 0 aliphatic heterocycles. The number of hydrogen-bond acceptors (Lipinski definition) is 17. The Morgan fingerprint density at radius 2 is 0.761 bits per heavy atom. The third-order valence-electron chi connectivity index (χ3n) is 12.9. The minimum atomic E-state index is -0.716. The van der Waals surface area contributed by atoms with Crippen molar-refractivity contribution in [2.24, 2.45) is 0 Å². The first kappa shape index (κ1) is 65.2. The Labute approximate surface area is 523 Å². The fraction of sp³-hybridized carbons (Fsp3) is 0.0704. The third kappa shape index (κ3) is 18.4. The summed E-state index contributed by atoms with van der Waals surface area (Å²) in [6.07, 6.45) is 0.951. The van der Waals surface area contributed by atoms with Crippen LogP contribution in [0.3, 0.4) is 0 Å².